The van der Waals surface area contributed by atoms with Crippen molar-refractivity contribution in [2.45, 2.75) is 26.3 Å². The molecule has 1 atom stereocenters. The van der Waals surface area contributed by atoms with Gasteiger partial charge in [0.1, 0.15) is 0 Å². The van der Waals surface area contributed by atoms with E-state index < -0.39 is 6.09 Å². The second-order valence-electron chi connectivity index (χ2n) is 3.88. The van der Waals surface area contributed by atoms with Gasteiger partial charge < -0.3 is 15.3 Å². The molecule has 0 saturated carbocycles. The summed E-state index contributed by atoms with van der Waals surface area (Å²) in [5, 5.41) is 11.5. The monoisotopic (exact) mass is 200 g/mol. The van der Waals surface area contributed by atoms with Gasteiger partial charge >= 0.3 is 6.09 Å². The lowest BCUT2D eigenvalue weighted by atomic mass is 10.2. The van der Waals surface area contributed by atoms with Crippen molar-refractivity contribution in [3.8, 4) is 0 Å². The standard InChI is InChI=1S/C9H16N2O3/c1-6(2)8(12)10-7-3-4-11(5-7)9(13)14/h6-7H,3-5H2,1-2H3,(H,10,12)(H,13,14)/t7-/m0/s1. The van der Waals surface area contributed by atoms with Crippen molar-refractivity contribution in [2.24, 2.45) is 5.92 Å². The van der Waals surface area contributed by atoms with E-state index in [2.05, 4.69) is 5.32 Å². The third-order valence-electron chi connectivity index (χ3n) is 2.33. The first-order chi connectivity index (χ1) is 6.50. The zero-order valence-electron chi connectivity index (χ0n) is 8.49. The van der Waals surface area contributed by atoms with Crippen LogP contribution in [0.1, 0.15) is 20.3 Å². The Labute approximate surface area is 83.1 Å². The summed E-state index contributed by atoms with van der Waals surface area (Å²) in [7, 11) is 0. The van der Waals surface area contributed by atoms with E-state index in [1.807, 2.05) is 13.8 Å². The molecule has 1 aliphatic heterocycles. The smallest absolute Gasteiger partial charge is 0.407 e. The van der Waals surface area contributed by atoms with Gasteiger partial charge in [0.2, 0.25) is 5.91 Å². The van der Waals surface area contributed by atoms with E-state index in [1.165, 1.54) is 4.90 Å². The minimum Gasteiger partial charge on any atom is -0.465 e. The van der Waals surface area contributed by atoms with Gasteiger partial charge in [-0.1, -0.05) is 13.8 Å². The maximum absolute atomic E-state index is 11.3. The Hall–Kier alpha value is -1.26. The van der Waals surface area contributed by atoms with Crippen LogP contribution < -0.4 is 5.32 Å². The van der Waals surface area contributed by atoms with Crippen LogP contribution in [0.5, 0.6) is 0 Å². The molecule has 5 nitrogen and oxygen atoms in total. The second-order valence-corrected chi connectivity index (χ2v) is 3.88. The Kier molecular flexibility index (Phi) is 3.33. The van der Waals surface area contributed by atoms with Crippen LogP contribution in [0.3, 0.4) is 0 Å². The molecule has 0 aliphatic carbocycles. The Balaban J connectivity index is 2.36. The lowest BCUT2D eigenvalue weighted by Gasteiger charge is -2.15. The maximum Gasteiger partial charge on any atom is 0.407 e. The first-order valence-corrected chi connectivity index (χ1v) is 4.79. The van der Waals surface area contributed by atoms with Gasteiger partial charge in [0.15, 0.2) is 0 Å². The molecule has 14 heavy (non-hydrogen) atoms. The Bertz CT molecular complexity index is 240. The molecule has 1 aliphatic rings. The molecule has 1 fully saturated rings. The number of carboxylic acid groups (broad SMARTS) is 1. The fourth-order valence-electron chi connectivity index (χ4n) is 1.42. The van der Waals surface area contributed by atoms with Crippen LogP contribution in [-0.2, 0) is 4.79 Å². The van der Waals surface area contributed by atoms with Crippen molar-refractivity contribution < 1.29 is 14.7 Å². The Morgan fingerprint density at radius 2 is 2.14 bits per heavy atom. The lowest BCUT2D eigenvalue weighted by Crippen LogP contribution is -2.40. The molecule has 0 bridgehead atoms. The molecule has 2 amide bonds. The number of nitrogens with zero attached hydrogens (tertiary/aromatic N) is 1. The normalized spacial score (nSPS) is 21.4. The van der Waals surface area contributed by atoms with E-state index in [-0.39, 0.29) is 17.9 Å². The molecule has 5 heteroatoms. The molecule has 2 N–H and O–H groups in total. The molecule has 0 aromatic carbocycles. The quantitative estimate of drug-likeness (QED) is 0.682. The number of amides is 2. The van der Waals surface area contributed by atoms with E-state index in [9.17, 15) is 9.59 Å². The second kappa shape index (κ2) is 4.30. The summed E-state index contributed by atoms with van der Waals surface area (Å²) in [5.41, 5.74) is 0. The van der Waals surface area contributed by atoms with Gasteiger partial charge in [0.25, 0.3) is 0 Å². The summed E-state index contributed by atoms with van der Waals surface area (Å²) in [6, 6.07) is -0.0130. The number of hydrogen-bond donors (Lipinski definition) is 2. The zero-order valence-corrected chi connectivity index (χ0v) is 8.49. The van der Waals surface area contributed by atoms with E-state index in [0.29, 0.717) is 19.5 Å². The number of carbonyl (C=O) groups is 2. The van der Waals surface area contributed by atoms with Crippen molar-refractivity contribution in [1.29, 1.82) is 0 Å². The molecule has 1 heterocycles. The highest BCUT2D eigenvalue weighted by Crippen LogP contribution is 2.09. The van der Waals surface area contributed by atoms with Crippen molar-refractivity contribution in [3.05, 3.63) is 0 Å². The van der Waals surface area contributed by atoms with Gasteiger partial charge in [-0.15, -0.1) is 0 Å². The van der Waals surface area contributed by atoms with Gasteiger partial charge in [0, 0.05) is 25.0 Å². The molecule has 0 unspecified atom stereocenters. The van der Waals surface area contributed by atoms with Gasteiger partial charge in [0.05, 0.1) is 0 Å². The van der Waals surface area contributed by atoms with Crippen LogP contribution in [0.25, 0.3) is 0 Å². The molecule has 0 aromatic rings. The molecule has 0 spiro atoms. The number of carbonyl (C=O) groups excluding carboxylic acids is 1. The molecule has 0 radical (unpaired) electrons. The highest BCUT2D eigenvalue weighted by molar-refractivity contribution is 5.78. The van der Waals surface area contributed by atoms with Crippen molar-refractivity contribution >= 4 is 12.0 Å². The molecular weight excluding hydrogens is 184 g/mol. The first-order valence-electron chi connectivity index (χ1n) is 4.79. The summed E-state index contributed by atoms with van der Waals surface area (Å²) in [4.78, 5) is 23.2. The molecule has 1 rings (SSSR count). The highest BCUT2D eigenvalue weighted by atomic mass is 16.4. The van der Waals surface area contributed by atoms with Crippen LogP contribution in [0.15, 0.2) is 0 Å². The largest absolute Gasteiger partial charge is 0.465 e. The number of rotatable bonds is 2. The van der Waals surface area contributed by atoms with E-state index in [1.54, 1.807) is 0 Å². The maximum atomic E-state index is 11.3. The molecular formula is C9H16N2O3. The van der Waals surface area contributed by atoms with E-state index in [0.717, 1.165) is 0 Å². The number of hydrogen-bond acceptors (Lipinski definition) is 2. The Morgan fingerprint density at radius 1 is 1.50 bits per heavy atom. The predicted octanol–water partition coefficient (Wildman–Crippen LogP) is 0.511. The average molecular weight is 200 g/mol. The third kappa shape index (κ3) is 2.61. The SMILES string of the molecule is CC(C)C(=O)N[C@H]1CCN(C(=O)O)C1. The van der Waals surface area contributed by atoms with Crippen LogP contribution in [0.2, 0.25) is 0 Å². The predicted molar refractivity (Wildman–Crippen MR) is 51.0 cm³/mol. The fourth-order valence-corrected chi connectivity index (χ4v) is 1.42. The van der Waals surface area contributed by atoms with Gasteiger partial charge in [-0.05, 0) is 6.42 Å². The van der Waals surface area contributed by atoms with Gasteiger partial charge in [-0.2, -0.15) is 0 Å². The summed E-state index contributed by atoms with van der Waals surface area (Å²) in [6.45, 7) is 4.56. The number of likely N-dealkylation sites (tertiary alicyclic amines) is 1. The van der Waals surface area contributed by atoms with Crippen LogP contribution >= 0.6 is 0 Å². The summed E-state index contributed by atoms with van der Waals surface area (Å²) >= 11 is 0. The van der Waals surface area contributed by atoms with Crippen molar-refractivity contribution in [2.75, 3.05) is 13.1 Å². The minimum absolute atomic E-state index is 0.0118. The number of nitrogens with one attached hydrogen (secondary N) is 1. The van der Waals surface area contributed by atoms with E-state index >= 15 is 0 Å². The van der Waals surface area contributed by atoms with Crippen LogP contribution in [0, 0.1) is 5.92 Å². The topological polar surface area (TPSA) is 69.6 Å². The molecule has 1 saturated heterocycles. The zero-order chi connectivity index (χ0) is 10.7. The summed E-state index contributed by atoms with van der Waals surface area (Å²) < 4.78 is 0. The third-order valence-corrected chi connectivity index (χ3v) is 2.33. The Morgan fingerprint density at radius 3 is 2.57 bits per heavy atom. The average Bonchev–Trinajstić information content (AvgIpc) is 2.52. The van der Waals surface area contributed by atoms with E-state index in [4.69, 9.17) is 5.11 Å². The van der Waals surface area contributed by atoms with Crippen LogP contribution in [0.4, 0.5) is 4.79 Å². The fraction of sp³-hybridized carbons (Fsp3) is 0.778. The van der Waals surface area contributed by atoms with Gasteiger partial charge in [-0.25, -0.2) is 4.79 Å². The van der Waals surface area contributed by atoms with Crippen molar-refractivity contribution in [1.82, 2.24) is 10.2 Å². The van der Waals surface area contributed by atoms with Crippen LogP contribution in [-0.4, -0.2) is 41.1 Å². The summed E-state index contributed by atoms with van der Waals surface area (Å²) in [6.07, 6.45) is -0.198. The lowest BCUT2D eigenvalue weighted by molar-refractivity contribution is -0.124. The highest BCUT2D eigenvalue weighted by Gasteiger charge is 2.27. The molecule has 80 valence electrons. The van der Waals surface area contributed by atoms with Gasteiger partial charge in [-0.3, -0.25) is 4.79 Å². The van der Waals surface area contributed by atoms with Crippen molar-refractivity contribution in [3.63, 3.8) is 0 Å². The first kappa shape index (κ1) is 10.8. The summed E-state index contributed by atoms with van der Waals surface area (Å²) in [5.74, 6) is -0.0592. The molecule has 0 aromatic heterocycles. The minimum atomic E-state index is -0.911.